The fraction of sp³-hybridized carbons (Fsp3) is 0.133. The van der Waals surface area contributed by atoms with E-state index in [4.69, 9.17) is 0 Å². The van der Waals surface area contributed by atoms with Crippen LogP contribution >= 0.6 is 0 Å². The fourth-order valence-electron chi connectivity index (χ4n) is 1.70. The van der Waals surface area contributed by atoms with Gasteiger partial charge in [-0.15, -0.1) is 0 Å². The first-order valence-electron chi connectivity index (χ1n) is 6.18. The average Bonchev–Trinajstić information content (AvgIpc) is 2.46. The van der Waals surface area contributed by atoms with Gasteiger partial charge in [0.25, 0.3) is 5.69 Å². The molecule has 0 amide bonds. The molecule has 0 atom stereocenters. The number of rotatable bonds is 4. The van der Waals surface area contributed by atoms with Gasteiger partial charge in [0.15, 0.2) is 0 Å². The maximum absolute atomic E-state index is 10.7. The van der Waals surface area contributed by atoms with Crippen LogP contribution in [0, 0.1) is 17.0 Å². The molecule has 0 aliphatic heterocycles. The molecule has 0 saturated heterocycles. The second kappa shape index (κ2) is 5.97. The first-order valence-corrected chi connectivity index (χ1v) is 6.18. The topological polar surface area (TPSA) is 67.5 Å². The van der Waals surface area contributed by atoms with E-state index in [1.807, 2.05) is 38.1 Å². The van der Waals surface area contributed by atoms with Gasteiger partial charge in [0, 0.05) is 12.1 Å². The molecule has 2 aromatic carbocycles. The third-order valence-electron chi connectivity index (χ3n) is 2.88. The van der Waals surface area contributed by atoms with Crippen LogP contribution in [0.4, 0.5) is 11.4 Å². The highest BCUT2D eigenvalue weighted by atomic mass is 16.6. The quantitative estimate of drug-likeness (QED) is 0.522. The monoisotopic (exact) mass is 269 g/mol. The van der Waals surface area contributed by atoms with E-state index < -0.39 is 4.92 Å². The van der Waals surface area contributed by atoms with Crippen LogP contribution in [0.15, 0.2) is 53.6 Å². The summed E-state index contributed by atoms with van der Waals surface area (Å²) in [5, 5.41) is 14.9. The molecule has 0 bridgehead atoms. The number of nitro benzene ring substituents is 1. The van der Waals surface area contributed by atoms with Crippen molar-refractivity contribution >= 4 is 17.1 Å². The molecular weight excluding hydrogens is 254 g/mol. The SMILES string of the molecule is C/C(=N\Nc1cccc([N+](=O)[O-])c1)c1ccc(C)cc1. The van der Waals surface area contributed by atoms with Gasteiger partial charge < -0.3 is 0 Å². The highest BCUT2D eigenvalue weighted by Crippen LogP contribution is 2.17. The van der Waals surface area contributed by atoms with E-state index in [0.717, 1.165) is 11.3 Å². The molecule has 0 spiro atoms. The summed E-state index contributed by atoms with van der Waals surface area (Å²) in [5.74, 6) is 0. The molecule has 0 saturated carbocycles. The van der Waals surface area contributed by atoms with Crippen molar-refractivity contribution in [3.8, 4) is 0 Å². The van der Waals surface area contributed by atoms with Gasteiger partial charge in [0.2, 0.25) is 0 Å². The number of non-ortho nitro benzene ring substituents is 1. The number of benzene rings is 2. The molecule has 0 unspecified atom stereocenters. The lowest BCUT2D eigenvalue weighted by Crippen LogP contribution is -2.00. The Hall–Kier alpha value is -2.69. The zero-order valence-electron chi connectivity index (χ0n) is 11.3. The van der Waals surface area contributed by atoms with Crippen molar-refractivity contribution in [3.05, 3.63) is 69.8 Å². The lowest BCUT2D eigenvalue weighted by molar-refractivity contribution is -0.384. The summed E-state index contributed by atoms with van der Waals surface area (Å²) in [6, 6.07) is 14.3. The Balaban J connectivity index is 2.14. The number of nitrogens with zero attached hydrogens (tertiary/aromatic N) is 2. The van der Waals surface area contributed by atoms with E-state index >= 15 is 0 Å². The van der Waals surface area contributed by atoms with Gasteiger partial charge in [0.05, 0.1) is 16.3 Å². The summed E-state index contributed by atoms with van der Waals surface area (Å²) < 4.78 is 0. The predicted molar refractivity (Wildman–Crippen MR) is 80.1 cm³/mol. The molecule has 5 nitrogen and oxygen atoms in total. The summed E-state index contributed by atoms with van der Waals surface area (Å²) >= 11 is 0. The molecule has 1 N–H and O–H groups in total. The molecule has 0 aromatic heterocycles. The highest BCUT2D eigenvalue weighted by molar-refractivity contribution is 5.99. The molecule has 2 aromatic rings. The van der Waals surface area contributed by atoms with Crippen molar-refractivity contribution in [3.63, 3.8) is 0 Å². The summed E-state index contributed by atoms with van der Waals surface area (Å²) in [5.41, 5.74) is 6.48. The second-order valence-electron chi connectivity index (χ2n) is 4.48. The van der Waals surface area contributed by atoms with E-state index in [9.17, 15) is 10.1 Å². The van der Waals surface area contributed by atoms with Crippen LogP contribution in [0.1, 0.15) is 18.1 Å². The third kappa shape index (κ3) is 3.41. The molecule has 0 fully saturated rings. The Morgan fingerprint density at radius 3 is 2.55 bits per heavy atom. The van der Waals surface area contributed by atoms with Crippen LogP contribution < -0.4 is 5.43 Å². The maximum Gasteiger partial charge on any atom is 0.271 e. The number of nitro groups is 1. The maximum atomic E-state index is 10.7. The van der Waals surface area contributed by atoms with E-state index in [1.54, 1.807) is 12.1 Å². The largest absolute Gasteiger partial charge is 0.278 e. The van der Waals surface area contributed by atoms with Crippen molar-refractivity contribution < 1.29 is 4.92 Å². The minimum atomic E-state index is -0.429. The fourth-order valence-corrected chi connectivity index (χ4v) is 1.70. The summed E-state index contributed by atoms with van der Waals surface area (Å²) in [6.45, 7) is 3.91. The zero-order valence-corrected chi connectivity index (χ0v) is 11.3. The van der Waals surface area contributed by atoms with Gasteiger partial charge in [-0.3, -0.25) is 15.5 Å². The number of hydrogen-bond donors (Lipinski definition) is 1. The van der Waals surface area contributed by atoms with Crippen LogP contribution in [0.5, 0.6) is 0 Å². The molecule has 102 valence electrons. The minimum Gasteiger partial charge on any atom is -0.278 e. The molecule has 0 radical (unpaired) electrons. The van der Waals surface area contributed by atoms with Crippen molar-refractivity contribution in [2.75, 3.05) is 5.43 Å². The minimum absolute atomic E-state index is 0.0400. The molecular formula is C15H15N3O2. The zero-order chi connectivity index (χ0) is 14.5. The normalized spacial score (nSPS) is 11.2. The van der Waals surface area contributed by atoms with Gasteiger partial charge in [0.1, 0.15) is 0 Å². The van der Waals surface area contributed by atoms with Gasteiger partial charge in [-0.25, -0.2) is 0 Å². The summed E-state index contributed by atoms with van der Waals surface area (Å²) in [6.07, 6.45) is 0. The highest BCUT2D eigenvalue weighted by Gasteiger charge is 2.05. The molecule has 2 rings (SSSR count). The molecule has 5 heteroatoms. The standard InChI is InChI=1S/C15H15N3O2/c1-11-6-8-13(9-7-11)12(2)16-17-14-4-3-5-15(10-14)18(19)20/h3-10,17H,1-2H3/b16-12+. The molecule has 0 aliphatic rings. The first-order chi connectivity index (χ1) is 9.56. The lowest BCUT2D eigenvalue weighted by Gasteiger charge is -2.04. The Kier molecular flexibility index (Phi) is 4.10. The first kappa shape index (κ1) is 13.7. The van der Waals surface area contributed by atoms with E-state index in [1.165, 1.54) is 17.7 Å². The Morgan fingerprint density at radius 1 is 1.20 bits per heavy atom. The van der Waals surface area contributed by atoms with Crippen LogP contribution in [0.25, 0.3) is 0 Å². The summed E-state index contributed by atoms with van der Waals surface area (Å²) in [7, 11) is 0. The molecule has 0 heterocycles. The van der Waals surface area contributed by atoms with Gasteiger partial charge in [-0.1, -0.05) is 35.9 Å². The summed E-state index contributed by atoms with van der Waals surface area (Å²) in [4.78, 5) is 10.3. The Morgan fingerprint density at radius 2 is 1.90 bits per heavy atom. The predicted octanol–water partition coefficient (Wildman–Crippen LogP) is 3.74. The number of hydrazone groups is 1. The second-order valence-corrected chi connectivity index (χ2v) is 4.48. The van der Waals surface area contributed by atoms with Crippen LogP contribution in [-0.2, 0) is 0 Å². The molecule has 0 aliphatic carbocycles. The average molecular weight is 269 g/mol. The van der Waals surface area contributed by atoms with Gasteiger partial charge in [-0.05, 0) is 25.5 Å². The van der Waals surface area contributed by atoms with E-state index in [2.05, 4.69) is 10.5 Å². The van der Waals surface area contributed by atoms with E-state index in [-0.39, 0.29) is 5.69 Å². The Bertz CT molecular complexity index is 648. The number of aryl methyl sites for hydroxylation is 1. The molecule has 20 heavy (non-hydrogen) atoms. The lowest BCUT2D eigenvalue weighted by atomic mass is 10.1. The van der Waals surface area contributed by atoms with Crippen LogP contribution in [-0.4, -0.2) is 10.6 Å². The van der Waals surface area contributed by atoms with Crippen molar-refractivity contribution in [1.82, 2.24) is 0 Å². The van der Waals surface area contributed by atoms with Gasteiger partial charge in [-0.2, -0.15) is 5.10 Å². The van der Waals surface area contributed by atoms with E-state index in [0.29, 0.717) is 5.69 Å². The van der Waals surface area contributed by atoms with Crippen molar-refractivity contribution in [2.45, 2.75) is 13.8 Å². The van der Waals surface area contributed by atoms with Crippen molar-refractivity contribution in [2.24, 2.45) is 5.10 Å². The van der Waals surface area contributed by atoms with Gasteiger partial charge >= 0.3 is 0 Å². The third-order valence-corrected chi connectivity index (χ3v) is 2.88. The smallest absolute Gasteiger partial charge is 0.271 e. The Labute approximate surface area is 117 Å². The number of nitrogens with one attached hydrogen (secondary N) is 1. The number of hydrogen-bond acceptors (Lipinski definition) is 4. The van der Waals surface area contributed by atoms with Crippen LogP contribution in [0.2, 0.25) is 0 Å². The van der Waals surface area contributed by atoms with Crippen molar-refractivity contribution in [1.29, 1.82) is 0 Å². The number of anilines is 1. The van der Waals surface area contributed by atoms with Crippen LogP contribution in [0.3, 0.4) is 0 Å².